The van der Waals surface area contributed by atoms with Gasteiger partial charge in [-0.1, -0.05) is 0 Å². The Balaban J connectivity index is 2.44. The lowest BCUT2D eigenvalue weighted by Gasteiger charge is -2.15. The molecule has 2 heterocycles. The molecule has 1 unspecified atom stereocenters. The third kappa shape index (κ3) is 3.13. The van der Waals surface area contributed by atoms with Gasteiger partial charge in [0.05, 0.1) is 30.0 Å². The van der Waals surface area contributed by atoms with Gasteiger partial charge in [-0.15, -0.1) is 0 Å². The molecular formula is C14H20N4O3. The van der Waals surface area contributed by atoms with E-state index in [0.29, 0.717) is 30.0 Å². The fraction of sp³-hybridized carbons (Fsp3) is 0.500. The van der Waals surface area contributed by atoms with Gasteiger partial charge in [-0.3, -0.25) is 4.68 Å². The molecule has 0 radical (unpaired) electrons. The molecule has 0 saturated carbocycles. The molecule has 0 fully saturated rings. The van der Waals surface area contributed by atoms with E-state index < -0.39 is 5.97 Å². The van der Waals surface area contributed by atoms with E-state index in [1.807, 2.05) is 6.92 Å². The number of carbonyl (C=O) groups excluding carboxylic acids is 1. The maximum Gasteiger partial charge on any atom is 0.341 e. The summed E-state index contributed by atoms with van der Waals surface area (Å²) >= 11 is 0. The summed E-state index contributed by atoms with van der Waals surface area (Å²) in [5, 5.41) is 8.20. The first-order valence-corrected chi connectivity index (χ1v) is 6.83. The molecule has 21 heavy (non-hydrogen) atoms. The molecule has 2 rings (SSSR count). The van der Waals surface area contributed by atoms with Gasteiger partial charge >= 0.3 is 5.97 Å². The summed E-state index contributed by atoms with van der Waals surface area (Å²) in [6.07, 6.45) is 3.21. The molecule has 7 nitrogen and oxygen atoms in total. The van der Waals surface area contributed by atoms with Gasteiger partial charge in [-0.2, -0.15) is 5.10 Å². The fourth-order valence-electron chi connectivity index (χ4n) is 1.98. The lowest BCUT2D eigenvalue weighted by atomic mass is 10.1. The maximum atomic E-state index is 12.1. The van der Waals surface area contributed by atoms with E-state index in [0.717, 1.165) is 5.39 Å². The second-order valence-electron chi connectivity index (χ2n) is 4.70. The van der Waals surface area contributed by atoms with Crippen molar-refractivity contribution in [2.75, 3.05) is 25.6 Å². The van der Waals surface area contributed by atoms with Gasteiger partial charge in [0, 0.05) is 26.9 Å². The average Bonchev–Trinajstić information content (AvgIpc) is 2.86. The van der Waals surface area contributed by atoms with Gasteiger partial charge < -0.3 is 14.8 Å². The molecule has 114 valence electrons. The van der Waals surface area contributed by atoms with E-state index in [4.69, 9.17) is 9.47 Å². The van der Waals surface area contributed by atoms with Crippen molar-refractivity contribution in [2.45, 2.75) is 20.0 Å². The summed E-state index contributed by atoms with van der Waals surface area (Å²) < 4.78 is 12.0. The monoisotopic (exact) mass is 292 g/mol. The molecule has 1 N–H and O–H groups in total. The van der Waals surface area contributed by atoms with E-state index >= 15 is 0 Å². The van der Waals surface area contributed by atoms with Crippen molar-refractivity contribution in [1.82, 2.24) is 14.8 Å². The van der Waals surface area contributed by atoms with Crippen LogP contribution in [0.1, 0.15) is 24.2 Å². The number of carbonyl (C=O) groups is 1. The highest BCUT2D eigenvalue weighted by molar-refractivity contribution is 6.04. The Morgan fingerprint density at radius 3 is 2.90 bits per heavy atom. The molecule has 2 aromatic rings. The van der Waals surface area contributed by atoms with Crippen LogP contribution in [0.2, 0.25) is 0 Å². The number of aryl methyl sites for hydroxylation is 1. The first kappa shape index (κ1) is 15.2. The SMILES string of the molecule is CCOC(=O)c1cnc2c(cnn2C)c1NCC(C)OC. The molecule has 0 amide bonds. The lowest BCUT2D eigenvalue weighted by molar-refractivity contribution is 0.0527. The van der Waals surface area contributed by atoms with Gasteiger partial charge in [0.25, 0.3) is 0 Å². The van der Waals surface area contributed by atoms with Gasteiger partial charge in [0.15, 0.2) is 5.65 Å². The number of nitrogens with zero attached hydrogens (tertiary/aromatic N) is 3. The van der Waals surface area contributed by atoms with Crippen LogP contribution >= 0.6 is 0 Å². The van der Waals surface area contributed by atoms with Crippen molar-refractivity contribution < 1.29 is 14.3 Å². The van der Waals surface area contributed by atoms with Crippen LogP contribution in [0.5, 0.6) is 0 Å². The minimum atomic E-state index is -0.400. The Kier molecular flexibility index (Phi) is 4.74. The molecular weight excluding hydrogens is 272 g/mol. The molecule has 0 spiro atoms. The summed E-state index contributed by atoms with van der Waals surface area (Å²) in [6, 6.07) is 0. The molecule has 0 saturated heterocycles. The number of aromatic nitrogens is 3. The second-order valence-corrected chi connectivity index (χ2v) is 4.70. The van der Waals surface area contributed by atoms with Crippen LogP contribution in [0, 0.1) is 0 Å². The van der Waals surface area contributed by atoms with Crippen LogP contribution in [-0.2, 0) is 16.5 Å². The number of nitrogens with one attached hydrogen (secondary N) is 1. The van der Waals surface area contributed by atoms with Crippen LogP contribution < -0.4 is 5.32 Å². The van der Waals surface area contributed by atoms with Crippen molar-refractivity contribution in [3.63, 3.8) is 0 Å². The number of pyridine rings is 1. The van der Waals surface area contributed by atoms with Crippen LogP contribution in [0.15, 0.2) is 12.4 Å². The molecule has 0 bridgehead atoms. The van der Waals surface area contributed by atoms with Gasteiger partial charge in [0.2, 0.25) is 0 Å². The highest BCUT2D eigenvalue weighted by Gasteiger charge is 2.18. The highest BCUT2D eigenvalue weighted by atomic mass is 16.5. The summed E-state index contributed by atoms with van der Waals surface area (Å²) in [6.45, 7) is 4.60. The number of rotatable bonds is 6. The summed E-state index contributed by atoms with van der Waals surface area (Å²) in [5.74, 6) is -0.400. The number of hydrogen-bond donors (Lipinski definition) is 1. The Morgan fingerprint density at radius 2 is 2.24 bits per heavy atom. The van der Waals surface area contributed by atoms with E-state index in [1.165, 1.54) is 6.20 Å². The van der Waals surface area contributed by atoms with E-state index in [2.05, 4.69) is 15.4 Å². The van der Waals surface area contributed by atoms with E-state index in [9.17, 15) is 4.79 Å². The normalized spacial score (nSPS) is 12.4. The third-order valence-electron chi connectivity index (χ3n) is 3.23. The molecule has 0 aromatic carbocycles. The number of ether oxygens (including phenoxy) is 2. The lowest BCUT2D eigenvalue weighted by Crippen LogP contribution is -2.20. The Hall–Kier alpha value is -2.15. The summed E-state index contributed by atoms with van der Waals surface area (Å²) in [5.41, 5.74) is 1.78. The Bertz CT molecular complexity index is 638. The zero-order valence-corrected chi connectivity index (χ0v) is 12.7. The van der Waals surface area contributed by atoms with Crippen molar-refractivity contribution >= 4 is 22.7 Å². The van der Waals surface area contributed by atoms with Gasteiger partial charge in [-0.05, 0) is 13.8 Å². The van der Waals surface area contributed by atoms with Crippen LogP contribution in [-0.4, -0.2) is 47.1 Å². The number of esters is 1. The van der Waals surface area contributed by atoms with Gasteiger partial charge in [0.1, 0.15) is 5.56 Å². The number of anilines is 1. The Morgan fingerprint density at radius 1 is 1.48 bits per heavy atom. The first-order chi connectivity index (χ1) is 10.1. The molecule has 0 aliphatic rings. The van der Waals surface area contributed by atoms with Crippen LogP contribution in [0.25, 0.3) is 11.0 Å². The molecule has 0 aliphatic heterocycles. The largest absolute Gasteiger partial charge is 0.462 e. The van der Waals surface area contributed by atoms with Gasteiger partial charge in [-0.25, -0.2) is 9.78 Å². The molecule has 7 heteroatoms. The van der Waals surface area contributed by atoms with E-state index in [-0.39, 0.29) is 6.10 Å². The molecule has 0 aliphatic carbocycles. The number of methoxy groups -OCH3 is 1. The first-order valence-electron chi connectivity index (χ1n) is 6.83. The smallest absolute Gasteiger partial charge is 0.341 e. The fourth-order valence-corrected chi connectivity index (χ4v) is 1.98. The summed E-state index contributed by atoms with van der Waals surface area (Å²) in [7, 11) is 3.45. The minimum absolute atomic E-state index is 0.0138. The maximum absolute atomic E-state index is 12.1. The standard InChI is InChI=1S/C14H20N4O3/c1-5-21-14(19)11-7-16-13-10(8-17-18(13)3)12(11)15-6-9(2)20-4/h7-9H,5-6H2,1-4H3,(H,15,16). The van der Waals surface area contributed by atoms with E-state index in [1.54, 1.807) is 32.0 Å². The third-order valence-corrected chi connectivity index (χ3v) is 3.23. The summed E-state index contributed by atoms with van der Waals surface area (Å²) in [4.78, 5) is 16.3. The topological polar surface area (TPSA) is 78.3 Å². The molecule has 1 atom stereocenters. The van der Waals surface area contributed by atoms with Crippen molar-refractivity contribution in [1.29, 1.82) is 0 Å². The molecule has 2 aromatic heterocycles. The second kappa shape index (κ2) is 6.53. The predicted molar refractivity (Wildman–Crippen MR) is 79.4 cm³/mol. The van der Waals surface area contributed by atoms with Crippen molar-refractivity contribution in [3.05, 3.63) is 18.0 Å². The highest BCUT2D eigenvalue weighted by Crippen LogP contribution is 2.26. The van der Waals surface area contributed by atoms with Crippen molar-refractivity contribution in [2.24, 2.45) is 7.05 Å². The van der Waals surface area contributed by atoms with Crippen LogP contribution in [0.3, 0.4) is 0 Å². The van der Waals surface area contributed by atoms with Crippen molar-refractivity contribution in [3.8, 4) is 0 Å². The Labute approximate surface area is 123 Å². The van der Waals surface area contributed by atoms with Crippen LogP contribution in [0.4, 0.5) is 5.69 Å². The predicted octanol–water partition coefficient (Wildman–Crippen LogP) is 1.59. The zero-order chi connectivity index (χ0) is 15.4. The number of hydrogen-bond acceptors (Lipinski definition) is 6. The number of fused-ring (bicyclic) bond motifs is 1. The average molecular weight is 292 g/mol. The quantitative estimate of drug-likeness (QED) is 0.815. The zero-order valence-electron chi connectivity index (χ0n) is 12.7. The minimum Gasteiger partial charge on any atom is -0.462 e.